The molecule has 6 heteroatoms. The van der Waals surface area contributed by atoms with Crippen LogP contribution in [0.15, 0.2) is 28.7 Å². The van der Waals surface area contributed by atoms with Crippen LogP contribution in [0.1, 0.15) is 0 Å². The van der Waals surface area contributed by atoms with Crippen molar-refractivity contribution >= 4 is 15.9 Å². The predicted octanol–water partition coefficient (Wildman–Crippen LogP) is 3.69. The summed E-state index contributed by atoms with van der Waals surface area (Å²) in [6, 6.07) is 5.31. The van der Waals surface area contributed by atoms with Gasteiger partial charge in [0, 0.05) is 4.47 Å². The smallest absolute Gasteiger partial charge is 0.428 e. The summed E-state index contributed by atoms with van der Waals surface area (Å²) in [6.45, 7) is 0. The molecule has 1 aromatic rings. The Morgan fingerprint density at radius 3 is 2.43 bits per heavy atom. The second kappa shape index (κ2) is 4.16. The zero-order chi connectivity index (χ0) is 10.8. The first kappa shape index (κ1) is 11.3. The summed E-state index contributed by atoms with van der Waals surface area (Å²) < 4.78 is 52.5. The zero-order valence-corrected chi connectivity index (χ0v) is 8.27. The molecule has 0 radical (unpaired) electrons. The van der Waals surface area contributed by atoms with Crippen LogP contribution in [-0.4, -0.2) is 12.5 Å². The van der Waals surface area contributed by atoms with Gasteiger partial charge in [-0.15, -0.1) is 0 Å². The van der Waals surface area contributed by atoms with E-state index in [4.69, 9.17) is 0 Å². The van der Waals surface area contributed by atoms with Gasteiger partial charge in [0.25, 0.3) is 0 Å². The third-order valence-corrected chi connectivity index (χ3v) is 1.80. The maximum Gasteiger partial charge on any atom is 0.461 e. The van der Waals surface area contributed by atoms with Gasteiger partial charge in [-0.1, -0.05) is 22.0 Å². The molecule has 78 valence electrons. The van der Waals surface area contributed by atoms with Crippen molar-refractivity contribution in [1.82, 2.24) is 0 Å². The van der Waals surface area contributed by atoms with Gasteiger partial charge in [0.05, 0.1) is 0 Å². The van der Waals surface area contributed by atoms with Gasteiger partial charge in [-0.05, 0) is 18.2 Å². The van der Waals surface area contributed by atoms with Crippen molar-refractivity contribution in [2.45, 2.75) is 12.5 Å². The van der Waals surface area contributed by atoms with Gasteiger partial charge < -0.3 is 4.74 Å². The monoisotopic (exact) mass is 272 g/mol. The number of hydrogen-bond acceptors (Lipinski definition) is 1. The molecule has 0 amide bonds. The van der Waals surface area contributed by atoms with E-state index in [0.29, 0.717) is 4.47 Å². The highest BCUT2D eigenvalue weighted by Gasteiger charge is 2.43. The summed E-state index contributed by atoms with van der Waals surface area (Å²) in [5.41, 5.74) is 0. The van der Waals surface area contributed by atoms with E-state index in [0.717, 1.165) is 0 Å². The van der Waals surface area contributed by atoms with Crippen molar-refractivity contribution in [3.63, 3.8) is 0 Å². The molecule has 1 aromatic carbocycles. The molecule has 14 heavy (non-hydrogen) atoms. The lowest BCUT2D eigenvalue weighted by Gasteiger charge is -2.16. The highest BCUT2D eigenvalue weighted by molar-refractivity contribution is 9.10. The first-order valence-electron chi connectivity index (χ1n) is 3.52. The largest absolute Gasteiger partial charge is 0.461 e. The average Bonchev–Trinajstić information content (AvgIpc) is 2.02. The van der Waals surface area contributed by atoms with Crippen LogP contribution in [-0.2, 0) is 0 Å². The molecule has 0 heterocycles. The van der Waals surface area contributed by atoms with Crippen LogP contribution in [0.25, 0.3) is 0 Å². The highest BCUT2D eigenvalue weighted by atomic mass is 79.9. The number of ether oxygens (including phenoxy) is 1. The molecule has 0 N–H and O–H groups in total. The maximum atomic E-state index is 12.4. The fraction of sp³-hybridized carbons (Fsp3) is 0.250. The lowest BCUT2D eigenvalue weighted by molar-refractivity contribution is -0.253. The van der Waals surface area contributed by atoms with E-state index >= 15 is 0 Å². The summed E-state index contributed by atoms with van der Waals surface area (Å²) in [6.07, 6.45) is -8.30. The molecule has 0 aromatic heterocycles. The summed E-state index contributed by atoms with van der Waals surface area (Å²) >= 11 is 2.99. The molecule has 0 saturated carbocycles. The van der Waals surface area contributed by atoms with Crippen LogP contribution in [0.2, 0.25) is 0 Å². The fourth-order valence-corrected chi connectivity index (χ4v) is 1.11. The van der Waals surface area contributed by atoms with Gasteiger partial charge in [0.1, 0.15) is 5.75 Å². The first-order chi connectivity index (χ1) is 6.42. The van der Waals surface area contributed by atoms with Gasteiger partial charge in [-0.2, -0.15) is 17.6 Å². The Bertz CT molecular complexity index is 316. The van der Waals surface area contributed by atoms with E-state index in [2.05, 4.69) is 20.7 Å². The zero-order valence-electron chi connectivity index (χ0n) is 6.68. The Labute approximate surface area is 85.8 Å². The first-order valence-corrected chi connectivity index (χ1v) is 4.31. The van der Waals surface area contributed by atoms with Crippen molar-refractivity contribution < 1.29 is 22.3 Å². The molecule has 0 spiro atoms. The maximum absolute atomic E-state index is 12.4. The fourth-order valence-electron chi connectivity index (χ4n) is 0.732. The number of rotatable bonds is 3. The molecular weight excluding hydrogens is 268 g/mol. The third-order valence-electron chi connectivity index (χ3n) is 1.30. The Morgan fingerprint density at radius 1 is 1.29 bits per heavy atom. The minimum atomic E-state index is -4.46. The summed E-state index contributed by atoms with van der Waals surface area (Å²) in [4.78, 5) is 0. The molecule has 0 aliphatic rings. The summed E-state index contributed by atoms with van der Waals surface area (Å²) in [5.74, 6) is -0.315. The van der Waals surface area contributed by atoms with E-state index in [1.54, 1.807) is 6.07 Å². The van der Waals surface area contributed by atoms with Crippen molar-refractivity contribution in [3.05, 3.63) is 28.7 Å². The number of benzene rings is 1. The second-order valence-corrected chi connectivity index (χ2v) is 3.34. The Hall–Kier alpha value is -0.780. The number of alkyl halides is 4. The lowest BCUT2D eigenvalue weighted by atomic mass is 10.3. The van der Waals surface area contributed by atoms with Gasteiger partial charge in [-0.25, -0.2) is 0 Å². The van der Waals surface area contributed by atoms with Gasteiger partial charge in [0.15, 0.2) is 0 Å². The van der Waals surface area contributed by atoms with Crippen LogP contribution in [0, 0.1) is 0 Å². The quantitative estimate of drug-likeness (QED) is 0.763. The highest BCUT2D eigenvalue weighted by Crippen LogP contribution is 2.28. The SMILES string of the molecule is FC(F)C(F)(F)Oc1cccc(Br)c1. The topological polar surface area (TPSA) is 9.23 Å². The van der Waals surface area contributed by atoms with E-state index in [1.165, 1.54) is 18.2 Å². The number of hydrogen-bond donors (Lipinski definition) is 0. The summed E-state index contributed by atoms with van der Waals surface area (Å²) in [5, 5.41) is 0. The molecular formula is C8H5BrF4O. The Kier molecular flexibility index (Phi) is 3.36. The van der Waals surface area contributed by atoms with E-state index in [-0.39, 0.29) is 5.75 Å². The lowest BCUT2D eigenvalue weighted by Crippen LogP contribution is -2.33. The minimum Gasteiger partial charge on any atom is -0.428 e. The predicted molar refractivity (Wildman–Crippen MR) is 45.7 cm³/mol. The van der Waals surface area contributed by atoms with E-state index < -0.39 is 12.5 Å². The van der Waals surface area contributed by atoms with Crippen molar-refractivity contribution in [3.8, 4) is 5.75 Å². The Balaban J connectivity index is 2.78. The molecule has 0 atom stereocenters. The van der Waals surface area contributed by atoms with Gasteiger partial charge in [0.2, 0.25) is 0 Å². The second-order valence-electron chi connectivity index (χ2n) is 2.42. The third kappa shape index (κ3) is 2.87. The van der Waals surface area contributed by atoms with Crippen LogP contribution in [0.4, 0.5) is 17.6 Å². The Morgan fingerprint density at radius 2 is 1.93 bits per heavy atom. The van der Waals surface area contributed by atoms with Crippen LogP contribution in [0.3, 0.4) is 0 Å². The normalized spacial score (nSPS) is 11.9. The molecule has 1 nitrogen and oxygen atoms in total. The van der Waals surface area contributed by atoms with Gasteiger partial charge in [-0.3, -0.25) is 0 Å². The molecule has 0 bridgehead atoms. The van der Waals surface area contributed by atoms with Gasteiger partial charge >= 0.3 is 12.5 Å². The van der Waals surface area contributed by atoms with Crippen LogP contribution >= 0.6 is 15.9 Å². The van der Waals surface area contributed by atoms with Crippen LogP contribution < -0.4 is 4.74 Å². The molecule has 1 rings (SSSR count). The standard InChI is InChI=1S/C8H5BrF4O/c9-5-2-1-3-6(4-5)14-8(12,13)7(10)11/h1-4,7H. The van der Waals surface area contributed by atoms with E-state index in [9.17, 15) is 17.6 Å². The molecule has 0 aliphatic heterocycles. The average molecular weight is 273 g/mol. The molecule has 0 aliphatic carbocycles. The van der Waals surface area contributed by atoms with Crippen LogP contribution in [0.5, 0.6) is 5.75 Å². The van der Waals surface area contributed by atoms with Crippen molar-refractivity contribution in [1.29, 1.82) is 0 Å². The van der Waals surface area contributed by atoms with E-state index in [1.807, 2.05) is 0 Å². The molecule has 0 fully saturated rings. The van der Waals surface area contributed by atoms with Crippen molar-refractivity contribution in [2.75, 3.05) is 0 Å². The van der Waals surface area contributed by atoms with Crippen molar-refractivity contribution in [2.24, 2.45) is 0 Å². The number of halogens is 5. The minimum absolute atomic E-state index is 0.315. The summed E-state index contributed by atoms with van der Waals surface area (Å²) in [7, 11) is 0. The molecule has 0 unspecified atom stereocenters. The molecule has 0 saturated heterocycles.